The number of carbonyl (C=O) groups is 1. The summed E-state index contributed by atoms with van der Waals surface area (Å²) >= 11 is 0. The zero-order valence-corrected chi connectivity index (χ0v) is 11.2. The minimum Gasteiger partial charge on any atom is -0.352 e. The van der Waals surface area contributed by atoms with E-state index in [1.54, 1.807) is 0 Å². The number of fused-ring (bicyclic) bond motifs is 1. The molecular formula is C14H25N3O. The number of nitrogens with one attached hydrogen (secondary N) is 2. The van der Waals surface area contributed by atoms with Crippen molar-refractivity contribution in [2.75, 3.05) is 26.2 Å². The smallest absolute Gasteiger partial charge is 0.220 e. The SMILES string of the molecule is O=C(CC1CCNCC1)NC1CCN2CCCC12. The van der Waals surface area contributed by atoms with Gasteiger partial charge in [0.1, 0.15) is 0 Å². The van der Waals surface area contributed by atoms with E-state index in [4.69, 9.17) is 0 Å². The molecule has 0 aromatic rings. The molecule has 4 nitrogen and oxygen atoms in total. The Morgan fingerprint density at radius 1 is 1.17 bits per heavy atom. The van der Waals surface area contributed by atoms with Crippen molar-refractivity contribution in [2.24, 2.45) is 5.92 Å². The van der Waals surface area contributed by atoms with Crippen molar-refractivity contribution in [3.05, 3.63) is 0 Å². The number of carbonyl (C=O) groups excluding carboxylic acids is 1. The van der Waals surface area contributed by atoms with Crippen LogP contribution < -0.4 is 10.6 Å². The van der Waals surface area contributed by atoms with Gasteiger partial charge in [0, 0.05) is 25.0 Å². The molecular weight excluding hydrogens is 226 g/mol. The monoisotopic (exact) mass is 251 g/mol. The van der Waals surface area contributed by atoms with Gasteiger partial charge in [-0.2, -0.15) is 0 Å². The van der Waals surface area contributed by atoms with Crippen LogP contribution in [0.4, 0.5) is 0 Å². The summed E-state index contributed by atoms with van der Waals surface area (Å²) < 4.78 is 0. The number of amides is 1. The summed E-state index contributed by atoms with van der Waals surface area (Å²) in [4.78, 5) is 14.7. The van der Waals surface area contributed by atoms with Crippen molar-refractivity contribution < 1.29 is 4.79 Å². The van der Waals surface area contributed by atoms with E-state index in [9.17, 15) is 4.79 Å². The summed E-state index contributed by atoms with van der Waals surface area (Å²) in [7, 11) is 0. The summed E-state index contributed by atoms with van der Waals surface area (Å²) in [5.74, 6) is 0.896. The molecule has 2 unspecified atom stereocenters. The normalized spacial score (nSPS) is 33.6. The minimum atomic E-state index is 0.292. The summed E-state index contributed by atoms with van der Waals surface area (Å²) in [5.41, 5.74) is 0. The molecule has 18 heavy (non-hydrogen) atoms. The molecule has 0 aromatic carbocycles. The predicted molar refractivity (Wildman–Crippen MR) is 71.4 cm³/mol. The fourth-order valence-corrected chi connectivity index (χ4v) is 3.86. The molecule has 0 aliphatic carbocycles. The molecule has 0 bridgehead atoms. The maximum absolute atomic E-state index is 12.1. The first-order chi connectivity index (χ1) is 8.83. The highest BCUT2D eigenvalue weighted by Crippen LogP contribution is 2.28. The zero-order chi connectivity index (χ0) is 12.4. The van der Waals surface area contributed by atoms with E-state index in [2.05, 4.69) is 15.5 Å². The van der Waals surface area contributed by atoms with E-state index in [0.29, 0.717) is 23.9 Å². The molecule has 0 spiro atoms. The van der Waals surface area contributed by atoms with E-state index in [1.165, 1.54) is 25.9 Å². The highest BCUT2D eigenvalue weighted by atomic mass is 16.1. The lowest BCUT2D eigenvalue weighted by Crippen LogP contribution is -2.43. The second-order valence-electron chi connectivity index (χ2n) is 6.11. The molecule has 0 radical (unpaired) electrons. The van der Waals surface area contributed by atoms with Gasteiger partial charge in [-0.15, -0.1) is 0 Å². The molecule has 2 N–H and O–H groups in total. The number of hydrogen-bond donors (Lipinski definition) is 2. The molecule has 0 aromatic heterocycles. The maximum atomic E-state index is 12.1. The third-order valence-electron chi connectivity index (χ3n) is 4.89. The average molecular weight is 251 g/mol. The van der Waals surface area contributed by atoms with Gasteiger partial charge in [-0.25, -0.2) is 0 Å². The lowest BCUT2D eigenvalue weighted by molar-refractivity contribution is -0.123. The van der Waals surface area contributed by atoms with Gasteiger partial charge in [0.05, 0.1) is 0 Å². The largest absolute Gasteiger partial charge is 0.352 e. The van der Waals surface area contributed by atoms with Crippen molar-refractivity contribution in [2.45, 2.75) is 50.6 Å². The maximum Gasteiger partial charge on any atom is 0.220 e. The van der Waals surface area contributed by atoms with Gasteiger partial charge in [0.2, 0.25) is 5.91 Å². The highest BCUT2D eigenvalue weighted by Gasteiger charge is 2.37. The van der Waals surface area contributed by atoms with Crippen molar-refractivity contribution in [3.8, 4) is 0 Å². The van der Waals surface area contributed by atoms with Gasteiger partial charge in [0.25, 0.3) is 0 Å². The molecule has 3 fully saturated rings. The van der Waals surface area contributed by atoms with Crippen LogP contribution in [0.15, 0.2) is 0 Å². The van der Waals surface area contributed by atoms with Crippen LogP contribution in [0.25, 0.3) is 0 Å². The predicted octanol–water partition coefficient (Wildman–Crippen LogP) is 0.729. The third kappa shape index (κ3) is 2.69. The third-order valence-corrected chi connectivity index (χ3v) is 4.89. The Hall–Kier alpha value is -0.610. The van der Waals surface area contributed by atoms with E-state index < -0.39 is 0 Å². The second kappa shape index (κ2) is 5.57. The summed E-state index contributed by atoms with van der Waals surface area (Å²) in [6.45, 7) is 4.59. The van der Waals surface area contributed by atoms with Crippen LogP contribution in [0.2, 0.25) is 0 Å². The molecule has 1 amide bonds. The topological polar surface area (TPSA) is 44.4 Å². The van der Waals surface area contributed by atoms with Crippen molar-refractivity contribution in [1.82, 2.24) is 15.5 Å². The Labute approximate surface area is 109 Å². The number of hydrogen-bond acceptors (Lipinski definition) is 3. The van der Waals surface area contributed by atoms with Crippen molar-refractivity contribution in [3.63, 3.8) is 0 Å². The van der Waals surface area contributed by atoms with Crippen LogP contribution in [-0.4, -0.2) is 49.1 Å². The molecule has 0 saturated carbocycles. The summed E-state index contributed by atoms with van der Waals surface area (Å²) in [6.07, 6.45) is 6.80. The number of piperidine rings is 1. The zero-order valence-electron chi connectivity index (χ0n) is 11.2. The van der Waals surface area contributed by atoms with Crippen molar-refractivity contribution >= 4 is 5.91 Å². The first-order valence-corrected chi connectivity index (χ1v) is 7.57. The second-order valence-corrected chi connectivity index (χ2v) is 6.11. The fourth-order valence-electron chi connectivity index (χ4n) is 3.86. The van der Waals surface area contributed by atoms with Crippen LogP contribution in [0.1, 0.15) is 38.5 Å². The molecule has 3 rings (SSSR count). The Kier molecular flexibility index (Phi) is 3.85. The molecule has 3 heterocycles. The average Bonchev–Trinajstić information content (AvgIpc) is 2.95. The quantitative estimate of drug-likeness (QED) is 0.777. The van der Waals surface area contributed by atoms with Gasteiger partial charge >= 0.3 is 0 Å². The van der Waals surface area contributed by atoms with Crippen LogP contribution in [0, 0.1) is 5.92 Å². The standard InChI is InChI=1S/C14H25N3O/c18-14(10-11-3-6-15-7-4-11)16-12-5-9-17-8-1-2-13(12)17/h11-13,15H,1-10H2,(H,16,18). The van der Waals surface area contributed by atoms with Gasteiger partial charge in [-0.3, -0.25) is 9.69 Å². The van der Waals surface area contributed by atoms with Crippen LogP contribution in [0.5, 0.6) is 0 Å². The Morgan fingerprint density at radius 3 is 2.83 bits per heavy atom. The summed E-state index contributed by atoms with van der Waals surface area (Å²) in [6, 6.07) is 1.07. The Morgan fingerprint density at radius 2 is 2.00 bits per heavy atom. The van der Waals surface area contributed by atoms with E-state index in [-0.39, 0.29) is 0 Å². The first-order valence-electron chi connectivity index (χ1n) is 7.57. The van der Waals surface area contributed by atoms with Gasteiger partial charge < -0.3 is 10.6 Å². The highest BCUT2D eigenvalue weighted by molar-refractivity contribution is 5.76. The fraction of sp³-hybridized carbons (Fsp3) is 0.929. The van der Waals surface area contributed by atoms with E-state index in [0.717, 1.165) is 38.8 Å². The van der Waals surface area contributed by atoms with Crippen LogP contribution in [-0.2, 0) is 4.79 Å². The van der Waals surface area contributed by atoms with Gasteiger partial charge in [-0.1, -0.05) is 0 Å². The molecule has 3 aliphatic heterocycles. The first kappa shape index (κ1) is 12.4. The van der Waals surface area contributed by atoms with Gasteiger partial charge in [-0.05, 0) is 57.7 Å². The summed E-state index contributed by atoms with van der Waals surface area (Å²) in [5, 5.41) is 6.65. The van der Waals surface area contributed by atoms with Crippen molar-refractivity contribution in [1.29, 1.82) is 0 Å². The Balaban J connectivity index is 1.45. The Bertz CT molecular complexity index is 301. The van der Waals surface area contributed by atoms with Crippen LogP contribution >= 0.6 is 0 Å². The van der Waals surface area contributed by atoms with E-state index in [1.807, 2.05) is 0 Å². The lowest BCUT2D eigenvalue weighted by Gasteiger charge is -2.25. The number of rotatable bonds is 3. The lowest BCUT2D eigenvalue weighted by atomic mass is 9.94. The molecule has 4 heteroatoms. The molecule has 3 saturated heterocycles. The molecule has 102 valence electrons. The molecule has 3 aliphatic rings. The van der Waals surface area contributed by atoms with E-state index >= 15 is 0 Å². The van der Waals surface area contributed by atoms with Gasteiger partial charge in [0.15, 0.2) is 0 Å². The van der Waals surface area contributed by atoms with Crippen LogP contribution in [0.3, 0.4) is 0 Å². The minimum absolute atomic E-state index is 0.292. The number of nitrogens with zero attached hydrogens (tertiary/aromatic N) is 1. The molecule has 2 atom stereocenters.